The van der Waals surface area contributed by atoms with E-state index in [-0.39, 0.29) is 11.2 Å². The molecular weight excluding hydrogens is 380 g/mol. The summed E-state index contributed by atoms with van der Waals surface area (Å²) in [5.41, 5.74) is 1.03. The van der Waals surface area contributed by atoms with Crippen LogP contribution in [-0.2, 0) is 17.9 Å². The lowest BCUT2D eigenvalue weighted by Gasteiger charge is -2.13. The van der Waals surface area contributed by atoms with Gasteiger partial charge in [0.05, 0.1) is 17.2 Å². The average molecular weight is 403 g/mol. The fraction of sp³-hybridized carbons (Fsp3) is 0.316. The Morgan fingerprint density at radius 3 is 2.70 bits per heavy atom. The van der Waals surface area contributed by atoms with Gasteiger partial charge >= 0.3 is 0 Å². The molecule has 0 fully saturated rings. The van der Waals surface area contributed by atoms with E-state index in [2.05, 4.69) is 22.4 Å². The average Bonchev–Trinajstić information content (AvgIpc) is 3.35. The minimum absolute atomic E-state index is 0.0286. The van der Waals surface area contributed by atoms with Gasteiger partial charge < -0.3 is 14.6 Å². The second-order valence-corrected chi connectivity index (χ2v) is 8.11. The van der Waals surface area contributed by atoms with Gasteiger partial charge in [-0.15, -0.1) is 21.5 Å². The van der Waals surface area contributed by atoms with E-state index in [1.165, 1.54) is 11.8 Å². The molecule has 0 aliphatic rings. The Morgan fingerprint density at radius 2 is 2.07 bits per heavy atom. The van der Waals surface area contributed by atoms with E-state index in [0.717, 1.165) is 33.7 Å². The number of nitrogens with zero attached hydrogens (tertiary/aromatic N) is 3. The Labute approximate surface area is 167 Å². The van der Waals surface area contributed by atoms with Crippen LogP contribution in [0.3, 0.4) is 0 Å². The second kappa shape index (κ2) is 9.05. The van der Waals surface area contributed by atoms with Gasteiger partial charge in [0.2, 0.25) is 5.91 Å². The lowest BCUT2D eigenvalue weighted by molar-refractivity contribution is -0.120. The molecule has 0 saturated carbocycles. The van der Waals surface area contributed by atoms with Crippen LogP contribution in [0.1, 0.15) is 19.4 Å². The number of carbonyl (C=O) groups is 1. The first-order valence-electron chi connectivity index (χ1n) is 8.66. The highest BCUT2D eigenvalue weighted by molar-refractivity contribution is 8.00. The summed E-state index contributed by atoms with van der Waals surface area (Å²) < 4.78 is 7.19. The molecule has 0 saturated heterocycles. The first kappa shape index (κ1) is 19.4. The van der Waals surface area contributed by atoms with Gasteiger partial charge in [-0.2, -0.15) is 0 Å². The molecule has 0 aliphatic carbocycles. The molecule has 1 atom stereocenters. The summed E-state index contributed by atoms with van der Waals surface area (Å²) in [5.74, 6) is 1.62. The molecule has 1 aromatic carbocycles. The maximum atomic E-state index is 12.5. The van der Waals surface area contributed by atoms with Crippen LogP contribution in [0, 0.1) is 0 Å². The molecule has 142 valence electrons. The van der Waals surface area contributed by atoms with Gasteiger partial charge in [-0.25, -0.2) is 0 Å². The van der Waals surface area contributed by atoms with Gasteiger partial charge in [0.1, 0.15) is 5.75 Å². The Hall–Kier alpha value is -2.32. The van der Waals surface area contributed by atoms with Crippen LogP contribution in [0.15, 0.2) is 46.9 Å². The minimum Gasteiger partial charge on any atom is -0.497 e. The highest BCUT2D eigenvalue weighted by Crippen LogP contribution is 2.29. The van der Waals surface area contributed by atoms with Crippen LogP contribution in [0.25, 0.3) is 10.7 Å². The van der Waals surface area contributed by atoms with Gasteiger partial charge in [-0.3, -0.25) is 4.79 Å². The zero-order valence-electron chi connectivity index (χ0n) is 15.5. The van der Waals surface area contributed by atoms with Crippen LogP contribution in [0.4, 0.5) is 0 Å². The first-order valence-corrected chi connectivity index (χ1v) is 10.4. The van der Waals surface area contributed by atoms with E-state index < -0.39 is 0 Å². The summed E-state index contributed by atoms with van der Waals surface area (Å²) >= 11 is 3.06. The number of methoxy groups -OCH3 is 1. The van der Waals surface area contributed by atoms with Crippen LogP contribution in [0.5, 0.6) is 5.75 Å². The molecule has 0 bridgehead atoms. The minimum atomic E-state index is -0.270. The van der Waals surface area contributed by atoms with Crippen molar-refractivity contribution < 1.29 is 9.53 Å². The highest BCUT2D eigenvalue weighted by Gasteiger charge is 2.20. The molecule has 8 heteroatoms. The van der Waals surface area contributed by atoms with Crippen molar-refractivity contribution in [2.45, 2.75) is 37.3 Å². The number of aromatic nitrogens is 3. The highest BCUT2D eigenvalue weighted by atomic mass is 32.2. The number of rotatable bonds is 8. The maximum absolute atomic E-state index is 12.5. The molecule has 27 heavy (non-hydrogen) atoms. The van der Waals surface area contributed by atoms with E-state index in [0.29, 0.717) is 6.54 Å². The number of thiophene rings is 1. The SMILES string of the molecule is CCn1c(S[C@H](C)C(=O)NCc2ccc(OC)cc2)nnc1-c1cccs1. The summed E-state index contributed by atoms with van der Waals surface area (Å²) in [7, 11) is 1.63. The fourth-order valence-corrected chi connectivity index (χ4v) is 4.19. The van der Waals surface area contributed by atoms with Crippen LogP contribution < -0.4 is 10.1 Å². The number of carbonyl (C=O) groups excluding carboxylic acids is 1. The fourth-order valence-electron chi connectivity index (χ4n) is 2.54. The summed E-state index contributed by atoms with van der Waals surface area (Å²) in [6.45, 7) is 5.17. The van der Waals surface area contributed by atoms with Crippen molar-refractivity contribution in [2.75, 3.05) is 7.11 Å². The van der Waals surface area contributed by atoms with Crippen LogP contribution in [-0.4, -0.2) is 33.0 Å². The topological polar surface area (TPSA) is 69.0 Å². The monoisotopic (exact) mass is 402 g/mol. The largest absolute Gasteiger partial charge is 0.497 e. The molecule has 0 unspecified atom stereocenters. The van der Waals surface area contributed by atoms with E-state index in [1.54, 1.807) is 18.4 Å². The Balaban J connectivity index is 1.61. The van der Waals surface area contributed by atoms with Gasteiger partial charge in [0.15, 0.2) is 11.0 Å². The molecule has 6 nitrogen and oxygen atoms in total. The third-order valence-corrected chi connectivity index (χ3v) is 6.00. The lowest BCUT2D eigenvalue weighted by Crippen LogP contribution is -2.30. The van der Waals surface area contributed by atoms with E-state index in [4.69, 9.17) is 4.74 Å². The summed E-state index contributed by atoms with van der Waals surface area (Å²) in [6.07, 6.45) is 0. The lowest BCUT2D eigenvalue weighted by atomic mass is 10.2. The van der Waals surface area contributed by atoms with Crippen LogP contribution >= 0.6 is 23.1 Å². The molecule has 1 N–H and O–H groups in total. The smallest absolute Gasteiger partial charge is 0.233 e. The van der Waals surface area contributed by atoms with Crippen molar-refractivity contribution in [3.63, 3.8) is 0 Å². The zero-order valence-corrected chi connectivity index (χ0v) is 17.1. The van der Waals surface area contributed by atoms with E-state index in [1.807, 2.05) is 53.3 Å². The van der Waals surface area contributed by atoms with Gasteiger partial charge in [0, 0.05) is 13.1 Å². The number of hydrogen-bond acceptors (Lipinski definition) is 6. The maximum Gasteiger partial charge on any atom is 0.233 e. The Kier molecular flexibility index (Phi) is 6.52. The molecule has 2 heterocycles. The van der Waals surface area contributed by atoms with Crippen molar-refractivity contribution in [3.8, 4) is 16.5 Å². The van der Waals surface area contributed by atoms with Gasteiger partial charge in [-0.1, -0.05) is 30.0 Å². The van der Waals surface area contributed by atoms with Gasteiger partial charge in [-0.05, 0) is 43.0 Å². The predicted molar refractivity (Wildman–Crippen MR) is 109 cm³/mol. The number of benzene rings is 1. The molecule has 1 amide bonds. The third-order valence-electron chi connectivity index (χ3n) is 4.05. The Morgan fingerprint density at radius 1 is 1.30 bits per heavy atom. The molecule has 3 aromatic rings. The first-order chi connectivity index (χ1) is 13.1. The van der Waals surface area contributed by atoms with E-state index in [9.17, 15) is 4.79 Å². The van der Waals surface area contributed by atoms with Crippen molar-refractivity contribution >= 4 is 29.0 Å². The molecule has 2 aromatic heterocycles. The van der Waals surface area contributed by atoms with Gasteiger partial charge in [0.25, 0.3) is 0 Å². The van der Waals surface area contributed by atoms with Crippen molar-refractivity contribution in [2.24, 2.45) is 0 Å². The quantitative estimate of drug-likeness (QED) is 0.580. The van der Waals surface area contributed by atoms with Crippen molar-refractivity contribution in [1.29, 1.82) is 0 Å². The molecule has 0 radical (unpaired) electrons. The normalized spacial score (nSPS) is 12.0. The van der Waals surface area contributed by atoms with E-state index >= 15 is 0 Å². The number of ether oxygens (including phenoxy) is 1. The number of thioether (sulfide) groups is 1. The third kappa shape index (κ3) is 4.70. The molecule has 0 spiro atoms. The van der Waals surface area contributed by atoms with Crippen LogP contribution in [0.2, 0.25) is 0 Å². The summed E-state index contributed by atoms with van der Waals surface area (Å²) in [4.78, 5) is 13.5. The molecule has 3 rings (SSSR count). The predicted octanol–water partition coefficient (Wildman–Crippen LogP) is 3.83. The zero-order chi connectivity index (χ0) is 19.2. The number of hydrogen-bond donors (Lipinski definition) is 1. The Bertz CT molecular complexity index is 876. The summed E-state index contributed by atoms with van der Waals surface area (Å²) in [6, 6.07) is 11.7. The summed E-state index contributed by atoms with van der Waals surface area (Å²) in [5, 5.41) is 14.1. The number of amides is 1. The van der Waals surface area contributed by atoms with Crippen molar-refractivity contribution in [3.05, 3.63) is 47.3 Å². The molecule has 0 aliphatic heterocycles. The number of nitrogens with one attached hydrogen (secondary N) is 1. The second-order valence-electron chi connectivity index (χ2n) is 5.85. The standard InChI is InChI=1S/C19H22N4O2S2/c1-4-23-17(16-6-5-11-26-16)21-22-19(23)27-13(2)18(24)20-12-14-7-9-15(25-3)10-8-14/h5-11,13H,4,12H2,1-3H3,(H,20,24)/t13-/m1/s1. The molecular formula is C19H22N4O2S2. The van der Waals surface area contributed by atoms with Crippen molar-refractivity contribution in [1.82, 2.24) is 20.1 Å².